The Kier molecular flexibility index (Phi) is 3.42. The van der Waals surface area contributed by atoms with Gasteiger partial charge in [-0.15, -0.1) is 0 Å². The number of alkyl halides is 3. The fourth-order valence-corrected chi connectivity index (χ4v) is 3.54. The lowest BCUT2D eigenvalue weighted by Gasteiger charge is -2.31. The van der Waals surface area contributed by atoms with Gasteiger partial charge in [0.2, 0.25) is 0 Å². The van der Waals surface area contributed by atoms with Crippen molar-refractivity contribution in [1.29, 1.82) is 0 Å². The molecule has 0 N–H and O–H groups in total. The Bertz CT molecular complexity index is 690. The molecule has 0 fully saturated rings. The van der Waals surface area contributed by atoms with Gasteiger partial charge in [-0.2, -0.15) is 13.2 Å². The summed E-state index contributed by atoms with van der Waals surface area (Å²) in [6.45, 7) is 2.07. The van der Waals surface area contributed by atoms with Crippen molar-refractivity contribution < 1.29 is 13.2 Å². The Balaban J connectivity index is 2.06. The van der Waals surface area contributed by atoms with Gasteiger partial charge in [-0.1, -0.05) is 31.2 Å². The Morgan fingerprint density at radius 2 is 1.95 bits per heavy atom. The molecule has 118 valence electrons. The lowest BCUT2D eigenvalue weighted by atomic mass is 10.0. The molecular formula is C16H18F3N3. The van der Waals surface area contributed by atoms with E-state index in [2.05, 4.69) is 11.9 Å². The number of fused-ring (bicyclic) bond motifs is 1. The first-order valence-corrected chi connectivity index (χ1v) is 7.20. The maximum absolute atomic E-state index is 13.2. The SMILES string of the molecule is CC1Cc2ccccc2C1N(C)c1c(C(F)(F)F)ncn1C. The van der Waals surface area contributed by atoms with E-state index in [1.165, 1.54) is 16.5 Å². The molecule has 1 aliphatic carbocycles. The Morgan fingerprint density at radius 3 is 2.64 bits per heavy atom. The van der Waals surface area contributed by atoms with E-state index in [1.807, 2.05) is 24.3 Å². The average molecular weight is 309 g/mol. The number of nitrogens with zero attached hydrogens (tertiary/aromatic N) is 3. The fraction of sp³-hybridized carbons (Fsp3) is 0.438. The second kappa shape index (κ2) is 5.04. The van der Waals surface area contributed by atoms with E-state index in [-0.39, 0.29) is 17.8 Å². The van der Waals surface area contributed by atoms with Gasteiger partial charge in [-0.05, 0) is 23.5 Å². The minimum Gasteiger partial charge on any atom is -0.352 e. The Labute approximate surface area is 127 Å². The zero-order valence-corrected chi connectivity index (χ0v) is 12.7. The van der Waals surface area contributed by atoms with Gasteiger partial charge in [0.1, 0.15) is 5.82 Å². The van der Waals surface area contributed by atoms with Crippen LogP contribution in [-0.4, -0.2) is 16.6 Å². The maximum atomic E-state index is 13.2. The molecule has 1 aromatic heterocycles. The zero-order chi connectivity index (χ0) is 16.1. The largest absolute Gasteiger partial charge is 0.437 e. The molecule has 2 atom stereocenters. The normalized spacial score (nSPS) is 21.0. The van der Waals surface area contributed by atoms with Crippen LogP contribution in [0.5, 0.6) is 0 Å². The molecule has 0 saturated heterocycles. The number of aromatic nitrogens is 2. The van der Waals surface area contributed by atoms with E-state index in [9.17, 15) is 13.2 Å². The quantitative estimate of drug-likeness (QED) is 0.841. The van der Waals surface area contributed by atoms with Gasteiger partial charge < -0.3 is 9.47 Å². The molecule has 1 aliphatic rings. The molecule has 0 aliphatic heterocycles. The highest BCUT2D eigenvalue weighted by molar-refractivity contribution is 5.51. The summed E-state index contributed by atoms with van der Waals surface area (Å²) in [6.07, 6.45) is -2.35. The van der Waals surface area contributed by atoms with Crippen molar-refractivity contribution in [3.05, 3.63) is 47.4 Å². The third-order valence-corrected chi connectivity index (χ3v) is 4.38. The van der Waals surface area contributed by atoms with Gasteiger partial charge in [0, 0.05) is 14.1 Å². The third-order valence-electron chi connectivity index (χ3n) is 4.38. The molecule has 22 heavy (non-hydrogen) atoms. The Morgan fingerprint density at radius 1 is 1.27 bits per heavy atom. The minimum absolute atomic E-state index is 0.0762. The summed E-state index contributed by atoms with van der Waals surface area (Å²) in [5.41, 5.74) is 1.49. The predicted molar refractivity (Wildman–Crippen MR) is 78.7 cm³/mol. The predicted octanol–water partition coefficient (Wildman–Crippen LogP) is 3.81. The monoisotopic (exact) mass is 309 g/mol. The van der Waals surface area contributed by atoms with E-state index in [1.54, 1.807) is 19.0 Å². The molecule has 0 amide bonds. The van der Waals surface area contributed by atoms with Crippen molar-refractivity contribution in [3.8, 4) is 0 Å². The molecule has 0 bridgehead atoms. The second-order valence-corrected chi connectivity index (χ2v) is 5.96. The van der Waals surface area contributed by atoms with Crippen LogP contribution < -0.4 is 4.90 Å². The number of halogens is 3. The van der Waals surface area contributed by atoms with Crippen LogP contribution in [0.15, 0.2) is 30.6 Å². The smallest absolute Gasteiger partial charge is 0.352 e. The van der Waals surface area contributed by atoms with Crippen molar-refractivity contribution in [3.63, 3.8) is 0 Å². The van der Waals surface area contributed by atoms with Crippen LogP contribution in [0.2, 0.25) is 0 Å². The zero-order valence-electron chi connectivity index (χ0n) is 12.7. The minimum atomic E-state index is -4.45. The molecule has 1 heterocycles. The van der Waals surface area contributed by atoms with Crippen LogP contribution in [0.1, 0.15) is 29.8 Å². The third kappa shape index (κ3) is 2.26. The number of benzene rings is 1. The second-order valence-electron chi connectivity index (χ2n) is 5.96. The summed E-state index contributed by atoms with van der Waals surface area (Å²) in [5, 5.41) is 0. The standard InChI is InChI=1S/C16H18F3N3/c1-10-8-11-6-4-5-7-12(11)13(10)22(3)15-14(16(17,18)19)20-9-21(15)2/h4-7,9-10,13H,8H2,1-3H3. The van der Waals surface area contributed by atoms with E-state index in [0.717, 1.165) is 12.0 Å². The summed E-state index contributed by atoms with van der Waals surface area (Å²) in [7, 11) is 3.31. The summed E-state index contributed by atoms with van der Waals surface area (Å²) in [4.78, 5) is 5.27. The van der Waals surface area contributed by atoms with Crippen LogP contribution >= 0.6 is 0 Å². The van der Waals surface area contributed by atoms with Gasteiger partial charge in [-0.3, -0.25) is 0 Å². The maximum Gasteiger partial charge on any atom is 0.437 e. The van der Waals surface area contributed by atoms with Crippen molar-refractivity contribution in [2.24, 2.45) is 13.0 Å². The fourth-order valence-electron chi connectivity index (χ4n) is 3.54. The number of imidazole rings is 1. The van der Waals surface area contributed by atoms with Gasteiger partial charge in [0.25, 0.3) is 0 Å². The summed E-state index contributed by atoms with van der Waals surface area (Å²) < 4.78 is 41.0. The highest BCUT2D eigenvalue weighted by atomic mass is 19.4. The van der Waals surface area contributed by atoms with Crippen LogP contribution in [-0.2, 0) is 19.6 Å². The highest BCUT2D eigenvalue weighted by Gasteiger charge is 2.41. The van der Waals surface area contributed by atoms with E-state index in [0.29, 0.717) is 0 Å². The molecule has 0 spiro atoms. The van der Waals surface area contributed by atoms with Gasteiger partial charge in [-0.25, -0.2) is 4.98 Å². The van der Waals surface area contributed by atoms with Crippen molar-refractivity contribution >= 4 is 5.82 Å². The number of hydrogen-bond acceptors (Lipinski definition) is 2. The summed E-state index contributed by atoms with van der Waals surface area (Å²) in [6, 6.07) is 7.88. The number of hydrogen-bond donors (Lipinski definition) is 0. The van der Waals surface area contributed by atoms with E-state index < -0.39 is 11.9 Å². The van der Waals surface area contributed by atoms with E-state index in [4.69, 9.17) is 0 Å². The molecule has 0 radical (unpaired) electrons. The Hall–Kier alpha value is -1.98. The van der Waals surface area contributed by atoms with Crippen LogP contribution in [0.25, 0.3) is 0 Å². The van der Waals surface area contributed by atoms with Crippen LogP contribution in [0.4, 0.5) is 19.0 Å². The first-order chi connectivity index (χ1) is 10.3. The molecule has 2 aromatic rings. The lowest BCUT2D eigenvalue weighted by molar-refractivity contribution is -0.140. The molecule has 0 saturated carbocycles. The van der Waals surface area contributed by atoms with Crippen LogP contribution in [0, 0.1) is 5.92 Å². The first kappa shape index (κ1) is 14.9. The van der Waals surface area contributed by atoms with Gasteiger partial charge in [0.05, 0.1) is 12.4 Å². The van der Waals surface area contributed by atoms with Crippen molar-refractivity contribution in [2.75, 3.05) is 11.9 Å². The summed E-state index contributed by atoms with van der Waals surface area (Å²) in [5.74, 6) is 0.361. The number of rotatable bonds is 2. The first-order valence-electron chi connectivity index (χ1n) is 7.20. The lowest BCUT2D eigenvalue weighted by Crippen LogP contribution is -2.30. The number of anilines is 1. The highest BCUT2D eigenvalue weighted by Crippen LogP contribution is 2.44. The van der Waals surface area contributed by atoms with Crippen LogP contribution in [0.3, 0.4) is 0 Å². The topological polar surface area (TPSA) is 21.1 Å². The summed E-state index contributed by atoms with van der Waals surface area (Å²) >= 11 is 0. The van der Waals surface area contributed by atoms with Crippen molar-refractivity contribution in [2.45, 2.75) is 25.6 Å². The molecular weight excluding hydrogens is 291 g/mol. The molecule has 6 heteroatoms. The number of aryl methyl sites for hydroxylation is 1. The van der Waals surface area contributed by atoms with E-state index >= 15 is 0 Å². The molecule has 1 aromatic carbocycles. The van der Waals surface area contributed by atoms with Gasteiger partial charge in [0.15, 0.2) is 5.69 Å². The average Bonchev–Trinajstić information content (AvgIpc) is 2.97. The molecule has 3 nitrogen and oxygen atoms in total. The molecule has 3 rings (SSSR count). The van der Waals surface area contributed by atoms with Crippen molar-refractivity contribution in [1.82, 2.24) is 9.55 Å². The molecule has 2 unspecified atom stereocenters. The van der Waals surface area contributed by atoms with Gasteiger partial charge >= 0.3 is 6.18 Å².